The summed E-state index contributed by atoms with van der Waals surface area (Å²) in [7, 11) is 1.57. The maximum Gasteiger partial charge on any atom is 0.325 e. The number of rotatable bonds is 3. The zero-order valence-corrected chi connectivity index (χ0v) is 12.8. The number of nitrogens with zero attached hydrogens (tertiary/aromatic N) is 2. The highest BCUT2D eigenvalue weighted by Crippen LogP contribution is 2.29. The Morgan fingerprint density at radius 1 is 1.15 bits per heavy atom. The van der Waals surface area contributed by atoms with Gasteiger partial charge in [0.1, 0.15) is 5.75 Å². The average molecular weight is 335 g/mol. The lowest BCUT2D eigenvalue weighted by Crippen LogP contribution is -2.03. The summed E-state index contributed by atoms with van der Waals surface area (Å²) in [6, 6.07) is 6.50. The second-order valence-electron chi connectivity index (χ2n) is 4.75. The van der Waals surface area contributed by atoms with Crippen LogP contribution in [0.1, 0.15) is 24.0 Å². The SMILES string of the molecule is COc1nc(Oc2ccc3c(c2)CCCC3)ncc1Br. The molecule has 5 heteroatoms. The van der Waals surface area contributed by atoms with Crippen LogP contribution in [-0.2, 0) is 12.8 Å². The number of ether oxygens (including phenoxy) is 2. The summed E-state index contributed by atoms with van der Waals surface area (Å²) >= 11 is 3.32. The molecular weight excluding hydrogens is 320 g/mol. The van der Waals surface area contributed by atoms with Gasteiger partial charge in [-0.3, -0.25) is 0 Å². The Morgan fingerprint density at radius 3 is 2.75 bits per heavy atom. The second kappa shape index (κ2) is 5.79. The molecule has 0 saturated heterocycles. The number of halogens is 1. The zero-order chi connectivity index (χ0) is 13.9. The van der Waals surface area contributed by atoms with Crippen LogP contribution in [0.4, 0.5) is 0 Å². The van der Waals surface area contributed by atoms with Gasteiger partial charge in [0, 0.05) is 0 Å². The van der Waals surface area contributed by atoms with Crippen LogP contribution < -0.4 is 9.47 Å². The Labute approximate surface area is 126 Å². The third-order valence-corrected chi connectivity index (χ3v) is 3.96. The molecule has 20 heavy (non-hydrogen) atoms. The van der Waals surface area contributed by atoms with Gasteiger partial charge in [-0.2, -0.15) is 4.98 Å². The van der Waals surface area contributed by atoms with E-state index in [2.05, 4.69) is 38.0 Å². The quantitative estimate of drug-likeness (QED) is 0.853. The van der Waals surface area contributed by atoms with Gasteiger partial charge in [0.2, 0.25) is 5.88 Å². The average Bonchev–Trinajstić information content (AvgIpc) is 2.49. The third kappa shape index (κ3) is 2.77. The van der Waals surface area contributed by atoms with Gasteiger partial charge in [-0.05, 0) is 64.9 Å². The van der Waals surface area contributed by atoms with Crippen LogP contribution >= 0.6 is 15.9 Å². The monoisotopic (exact) mass is 334 g/mol. The summed E-state index contributed by atoms with van der Waals surface area (Å²) in [5.41, 5.74) is 2.80. The van der Waals surface area contributed by atoms with Crippen molar-refractivity contribution in [1.82, 2.24) is 9.97 Å². The molecule has 0 fully saturated rings. The fourth-order valence-electron chi connectivity index (χ4n) is 2.41. The van der Waals surface area contributed by atoms with E-state index in [0.29, 0.717) is 16.4 Å². The fourth-order valence-corrected chi connectivity index (χ4v) is 2.76. The Bertz CT molecular complexity index is 631. The highest BCUT2D eigenvalue weighted by Gasteiger charge is 2.12. The van der Waals surface area contributed by atoms with E-state index in [9.17, 15) is 0 Å². The highest BCUT2D eigenvalue weighted by atomic mass is 79.9. The molecule has 1 aliphatic rings. The molecule has 0 N–H and O–H groups in total. The van der Waals surface area contributed by atoms with Crippen LogP contribution in [-0.4, -0.2) is 17.1 Å². The van der Waals surface area contributed by atoms with Gasteiger partial charge in [-0.1, -0.05) is 6.07 Å². The third-order valence-electron chi connectivity index (χ3n) is 3.41. The molecule has 3 rings (SSSR count). The molecule has 0 radical (unpaired) electrons. The Morgan fingerprint density at radius 2 is 1.95 bits per heavy atom. The summed E-state index contributed by atoms with van der Waals surface area (Å²) < 4.78 is 11.6. The number of benzene rings is 1. The van der Waals surface area contributed by atoms with E-state index in [0.717, 1.165) is 18.6 Å². The van der Waals surface area contributed by atoms with Crippen LogP contribution in [0.15, 0.2) is 28.9 Å². The zero-order valence-electron chi connectivity index (χ0n) is 11.2. The molecule has 0 bridgehead atoms. The van der Waals surface area contributed by atoms with Gasteiger partial charge in [0.05, 0.1) is 17.8 Å². The van der Waals surface area contributed by atoms with E-state index in [-0.39, 0.29) is 0 Å². The maximum absolute atomic E-state index is 5.72. The molecule has 104 valence electrons. The molecule has 0 aliphatic heterocycles. The molecule has 0 amide bonds. The number of fused-ring (bicyclic) bond motifs is 1. The lowest BCUT2D eigenvalue weighted by Gasteiger charge is -2.16. The van der Waals surface area contributed by atoms with Gasteiger partial charge in [-0.25, -0.2) is 4.98 Å². The standard InChI is InChI=1S/C15H15BrN2O2/c1-19-14-13(16)9-17-15(18-14)20-12-7-6-10-4-2-3-5-11(10)8-12/h6-9H,2-5H2,1H3. The summed E-state index contributed by atoms with van der Waals surface area (Å²) in [5, 5.41) is 0. The molecular formula is C15H15BrN2O2. The number of aryl methyl sites for hydroxylation is 2. The molecule has 0 saturated carbocycles. The Hall–Kier alpha value is -1.62. The molecule has 0 atom stereocenters. The van der Waals surface area contributed by atoms with Gasteiger partial charge in [0.15, 0.2) is 0 Å². The molecule has 4 nitrogen and oxygen atoms in total. The van der Waals surface area contributed by atoms with E-state index in [1.807, 2.05) is 6.07 Å². The predicted molar refractivity (Wildman–Crippen MR) is 79.4 cm³/mol. The largest absolute Gasteiger partial charge is 0.480 e. The van der Waals surface area contributed by atoms with Gasteiger partial charge in [-0.15, -0.1) is 0 Å². The first-order chi connectivity index (χ1) is 9.76. The normalized spacial score (nSPS) is 13.7. The van der Waals surface area contributed by atoms with E-state index >= 15 is 0 Å². The Kier molecular flexibility index (Phi) is 3.87. The van der Waals surface area contributed by atoms with E-state index in [4.69, 9.17) is 9.47 Å². The van der Waals surface area contributed by atoms with E-state index in [1.54, 1.807) is 13.3 Å². The topological polar surface area (TPSA) is 44.2 Å². The van der Waals surface area contributed by atoms with Crippen molar-refractivity contribution in [2.45, 2.75) is 25.7 Å². The summed E-state index contributed by atoms with van der Waals surface area (Å²) in [6.45, 7) is 0. The predicted octanol–water partition coefficient (Wildman–Crippen LogP) is 3.92. The van der Waals surface area contributed by atoms with Crippen molar-refractivity contribution in [2.75, 3.05) is 7.11 Å². The molecule has 2 aromatic rings. The van der Waals surface area contributed by atoms with Crippen LogP contribution in [0.25, 0.3) is 0 Å². The van der Waals surface area contributed by atoms with Crippen LogP contribution in [0.2, 0.25) is 0 Å². The first kappa shape index (κ1) is 13.4. The van der Waals surface area contributed by atoms with Gasteiger partial charge in [0.25, 0.3) is 0 Å². The fraction of sp³-hybridized carbons (Fsp3) is 0.333. The van der Waals surface area contributed by atoms with Crippen molar-refractivity contribution in [3.05, 3.63) is 40.0 Å². The minimum absolute atomic E-state index is 0.292. The van der Waals surface area contributed by atoms with Crippen molar-refractivity contribution in [3.8, 4) is 17.6 Å². The number of hydrogen-bond donors (Lipinski definition) is 0. The number of aromatic nitrogens is 2. The number of hydrogen-bond acceptors (Lipinski definition) is 4. The molecule has 0 unspecified atom stereocenters. The smallest absolute Gasteiger partial charge is 0.325 e. The van der Waals surface area contributed by atoms with E-state index < -0.39 is 0 Å². The number of methoxy groups -OCH3 is 1. The van der Waals surface area contributed by atoms with Gasteiger partial charge < -0.3 is 9.47 Å². The van der Waals surface area contributed by atoms with Crippen molar-refractivity contribution >= 4 is 15.9 Å². The summed E-state index contributed by atoms with van der Waals surface area (Å²) in [6.07, 6.45) is 6.44. The summed E-state index contributed by atoms with van der Waals surface area (Å²) in [5.74, 6) is 1.24. The second-order valence-corrected chi connectivity index (χ2v) is 5.60. The van der Waals surface area contributed by atoms with Crippen LogP contribution in [0.5, 0.6) is 17.6 Å². The van der Waals surface area contributed by atoms with Crippen LogP contribution in [0.3, 0.4) is 0 Å². The lowest BCUT2D eigenvalue weighted by atomic mass is 9.92. The molecule has 1 aromatic heterocycles. The Balaban J connectivity index is 1.84. The minimum atomic E-state index is 0.292. The maximum atomic E-state index is 5.72. The minimum Gasteiger partial charge on any atom is -0.480 e. The first-order valence-corrected chi connectivity index (χ1v) is 7.42. The van der Waals surface area contributed by atoms with Crippen molar-refractivity contribution in [3.63, 3.8) is 0 Å². The van der Waals surface area contributed by atoms with Crippen molar-refractivity contribution in [2.24, 2.45) is 0 Å². The summed E-state index contributed by atoms with van der Waals surface area (Å²) in [4.78, 5) is 8.33. The lowest BCUT2D eigenvalue weighted by molar-refractivity contribution is 0.373. The molecule has 1 aliphatic carbocycles. The molecule has 0 spiro atoms. The van der Waals surface area contributed by atoms with Crippen LogP contribution in [0, 0.1) is 0 Å². The van der Waals surface area contributed by atoms with Crippen molar-refractivity contribution in [1.29, 1.82) is 0 Å². The first-order valence-electron chi connectivity index (χ1n) is 6.62. The molecule has 1 aromatic carbocycles. The highest BCUT2D eigenvalue weighted by molar-refractivity contribution is 9.10. The van der Waals surface area contributed by atoms with E-state index in [1.165, 1.54) is 24.0 Å². The van der Waals surface area contributed by atoms with Crippen molar-refractivity contribution < 1.29 is 9.47 Å². The molecule has 1 heterocycles. The van der Waals surface area contributed by atoms with Gasteiger partial charge >= 0.3 is 6.01 Å².